The number of hydrogen-bond acceptors (Lipinski definition) is 1. The molecule has 2 aromatic rings. The summed E-state index contributed by atoms with van der Waals surface area (Å²) in [6.07, 6.45) is 13.4. The van der Waals surface area contributed by atoms with E-state index in [0.29, 0.717) is 5.92 Å². The second kappa shape index (κ2) is 8.62. The number of aromatic nitrogens is 1. The van der Waals surface area contributed by atoms with Crippen LogP contribution in [0, 0.1) is 5.92 Å². The molecule has 0 N–H and O–H groups in total. The summed E-state index contributed by atoms with van der Waals surface area (Å²) in [4.78, 5) is 4.71. The fourth-order valence-corrected chi connectivity index (χ4v) is 4.04. The van der Waals surface area contributed by atoms with Gasteiger partial charge in [0.05, 0.1) is 5.69 Å². The van der Waals surface area contributed by atoms with Gasteiger partial charge >= 0.3 is 0 Å². The lowest BCUT2D eigenvalue weighted by molar-refractivity contribution is 0.305. The fourth-order valence-electron chi connectivity index (χ4n) is 3.77. The largest absolute Gasteiger partial charge is 0.256 e. The Balaban J connectivity index is 1.56. The number of pyridine rings is 1. The van der Waals surface area contributed by atoms with Crippen molar-refractivity contribution < 1.29 is 0 Å². The van der Waals surface area contributed by atoms with Crippen LogP contribution in [-0.2, 0) is 0 Å². The third-order valence-corrected chi connectivity index (χ3v) is 5.79. The monoisotopic (exact) mass is 383 g/mol. The van der Waals surface area contributed by atoms with Gasteiger partial charge in [0.15, 0.2) is 0 Å². The smallest absolute Gasteiger partial charge is 0.0702 e. The minimum atomic E-state index is 0.701. The topological polar surface area (TPSA) is 12.9 Å². The Labute approximate surface area is 154 Å². The summed E-state index contributed by atoms with van der Waals surface area (Å²) in [5.41, 5.74) is 3.65. The Morgan fingerprint density at radius 1 is 1.04 bits per heavy atom. The van der Waals surface area contributed by atoms with Crippen molar-refractivity contribution in [1.82, 2.24) is 4.98 Å². The summed E-state index contributed by atoms with van der Waals surface area (Å²) in [5.74, 6) is 1.63. The first kappa shape index (κ1) is 17.4. The number of nitrogens with zero attached hydrogens (tertiary/aromatic N) is 1. The summed E-state index contributed by atoms with van der Waals surface area (Å²) < 4.78 is 1.10. The maximum Gasteiger partial charge on any atom is 0.0702 e. The molecule has 0 amide bonds. The standard InChI is InChI=1S/C22H26BrN/c1-2-3-4-5-17-6-8-18(9-7-17)20-12-15-22(24-16-20)19-10-13-21(23)14-11-19/h2,10-18H,1,3-9H2/t17-,18-. The highest BCUT2D eigenvalue weighted by Crippen LogP contribution is 2.37. The molecule has 0 saturated heterocycles. The number of rotatable bonds is 6. The van der Waals surface area contributed by atoms with E-state index in [9.17, 15) is 0 Å². The molecule has 1 aliphatic carbocycles. The normalized spacial score (nSPS) is 20.7. The van der Waals surface area contributed by atoms with Gasteiger partial charge in [-0.25, -0.2) is 0 Å². The van der Waals surface area contributed by atoms with Crippen molar-refractivity contribution in [2.24, 2.45) is 5.92 Å². The van der Waals surface area contributed by atoms with Gasteiger partial charge in [-0.1, -0.05) is 46.6 Å². The first-order chi connectivity index (χ1) is 11.8. The van der Waals surface area contributed by atoms with Crippen LogP contribution in [0.2, 0.25) is 0 Å². The van der Waals surface area contributed by atoms with Crippen LogP contribution in [0.15, 0.2) is 59.7 Å². The molecule has 1 nitrogen and oxygen atoms in total. The zero-order valence-electron chi connectivity index (χ0n) is 14.3. The molecule has 0 bridgehead atoms. The summed E-state index contributed by atoms with van der Waals surface area (Å²) in [7, 11) is 0. The van der Waals surface area contributed by atoms with E-state index >= 15 is 0 Å². The van der Waals surface area contributed by atoms with Crippen molar-refractivity contribution in [1.29, 1.82) is 0 Å². The number of benzene rings is 1. The van der Waals surface area contributed by atoms with E-state index in [1.165, 1.54) is 56.1 Å². The molecule has 3 rings (SSSR count). The van der Waals surface area contributed by atoms with E-state index in [2.05, 4.69) is 65.1 Å². The molecule has 0 atom stereocenters. The Hall–Kier alpha value is -1.41. The van der Waals surface area contributed by atoms with E-state index in [1.807, 2.05) is 6.08 Å². The average molecular weight is 384 g/mol. The maximum absolute atomic E-state index is 4.71. The number of hydrogen-bond donors (Lipinski definition) is 0. The van der Waals surface area contributed by atoms with E-state index in [4.69, 9.17) is 4.98 Å². The SMILES string of the molecule is C=CCCC[C@H]1CC[C@H](c2ccc(-c3ccc(Br)cc3)nc2)CC1. The van der Waals surface area contributed by atoms with Crippen LogP contribution in [0.5, 0.6) is 0 Å². The van der Waals surface area contributed by atoms with Crippen LogP contribution in [0.4, 0.5) is 0 Å². The predicted octanol–water partition coefficient (Wildman–Crippen LogP) is 7.14. The molecule has 2 heteroatoms. The lowest BCUT2D eigenvalue weighted by atomic mass is 9.77. The molecule has 1 aromatic heterocycles. The molecular formula is C22H26BrN. The Morgan fingerprint density at radius 3 is 2.42 bits per heavy atom. The van der Waals surface area contributed by atoms with E-state index < -0.39 is 0 Å². The van der Waals surface area contributed by atoms with Gasteiger partial charge in [0.25, 0.3) is 0 Å². The molecule has 0 spiro atoms. The predicted molar refractivity (Wildman–Crippen MR) is 106 cm³/mol. The molecule has 1 aromatic carbocycles. The minimum absolute atomic E-state index is 0.701. The van der Waals surface area contributed by atoms with Gasteiger partial charge in [-0.3, -0.25) is 4.98 Å². The fraction of sp³-hybridized carbons (Fsp3) is 0.409. The van der Waals surface area contributed by atoms with Gasteiger partial charge in [-0.2, -0.15) is 0 Å². The van der Waals surface area contributed by atoms with Crippen LogP contribution < -0.4 is 0 Å². The second-order valence-corrected chi connectivity index (χ2v) is 7.84. The van der Waals surface area contributed by atoms with Crippen molar-refractivity contribution in [3.05, 3.63) is 65.3 Å². The highest BCUT2D eigenvalue weighted by Gasteiger charge is 2.22. The molecule has 24 heavy (non-hydrogen) atoms. The van der Waals surface area contributed by atoms with Crippen LogP contribution in [0.25, 0.3) is 11.3 Å². The third kappa shape index (κ3) is 4.57. The molecule has 1 heterocycles. The quantitative estimate of drug-likeness (QED) is 0.381. The van der Waals surface area contributed by atoms with Crippen LogP contribution in [0.3, 0.4) is 0 Å². The summed E-state index contributed by atoms with van der Waals surface area (Å²) >= 11 is 3.48. The Morgan fingerprint density at radius 2 is 1.79 bits per heavy atom. The van der Waals surface area contributed by atoms with E-state index in [-0.39, 0.29) is 0 Å². The Bertz CT molecular complexity index is 637. The van der Waals surface area contributed by atoms with Gasteiger partial charge in [0, 0.05) is 16.2 Å². The zero-order chi connectivity index (χ0) is 16.8. The summed E-state index contributed by atoms with van der Waals surface area (Å²) in [6, 6.07) is 12.8. The number of halogens is 1. The molecule has 0 aliphatic heterocycles. The van der Waals surface area contributed by atoms with E-state index in [0.717, 1.165) is 16.1 Å². The molecule has 1 fully saturated rings. The van der Waals surface area contributed by atoms with Gasteiger partial charge in [0.1, 0.15) is 0 Å². The molecule has 1 aliphatic rings. The molecule has 126 valence electrons. The number of allylic oxidation sites excluding steroid dienone is 1. The van der Waals surface area contributed by atoms with Gasteiger partial charge in [0.2, 0.25) is 0 Å². The van der Waals surface area contributed by atoms with E-state index in [1.54, 1.807) is 0 Å². The van der Waals surface area contributed by atoms with Crippen LogP contribution in [-0.4, -0.2) is 4.98 Å². The van der Waals surface area contributed by atoms with Gasteiger partial charge < -0.3 is 0 Å². The number of unbranched alkanes of at least 4 members (excludes halogenated alkanes) is 1. The first-order valence-electron chi connectivity index (χ1n) is 9.09. The average Bonchev–Trinajstić information content (AvgIpc) is 2.63. The van der Waals surface area contributed by atoms with Crippen LogP contribution in [0.1, 0.15) is 56.4 Å². The molecule has 0 radical (unpaired) electrons. The van der Waals surface area contributed by atoms with Crippen molar-refractivity contribution in [2.75, 3.05) is 0 Å². The maximum atomic E-state index is 4.71. The molecular weight excluding hydrogens is 358 g/mol. The lowest BCUT2D eigenvalue weighted by Gasteiger charge is -2.28. The van der Waals surface area contributed by atoms with Crippen molar-refractivity contribution >= 4 is 15.9 Å². The molecule has 0 unspecified atom stereocenters. The molecule has 1 saturated carbocycles. The van der Waals surface area contributed by atoms with Crippen LogP contribution >= 0.6 is 15.9 Å². The minimum Gasteiger partial charge on any atom is -0.256 e. The van der Waals surface area contributed by atoms with Crippen molar-refractivity contribution in [3.63, 3.8) is 0 Å². The van der Waals surface area contributed by atoms with Crippen molar-refractivity contribution in [2.45, 2.75) is 50.9 Å². The van der Waals surface area contributed by atoms with Gasteiger partial charge in [-0.15, -0.1) is 6.58 Å². The second-order valence-electron chi connectivity index (χ2n) is 6.92. The summed E-state index contributed by atoms with van der Waals surface area (Å²) in [5, 5.41) is 0. The summed E-state index contributed by atoms with van der Waals surface area (Å²) in [6.45, 7) is 3.82. The highest BCUT2D eigenvalue weighted by atomic mass is 79.9. The zero-order valence-corrected chi connectivity index (χ0v) is 15.8. The Kier molecular flexibility index (Phi) is 6.25. The highest BCUT2D eigenvalue weighted by molar-refractivity contribution is 9.10. The van der Waals surface area contributed by atoms with Gasteiger partial charge in [-0.05, 0) is 74.1 Å². The first-order valence-corrected chi connectivity index (χ1v) is 9.88. The lowest BCUT2D eigenvalue weighted by Crippen LogP contribution is -2.13. The third-order valence-electron chi connectivity index (χ3n) is 5.27. The van der Waals surface area contributed by atoms with Crippen molar-refractivity contribution in [3.8, 4) is 11.3 Å².